The Balaban J connectivity index is 1.82. The van der Waals surface area contributed by atoms with Gasteiger partial charge in [-0.2, -0.15) is 0 Å². The van der Waals surface area contributed by atoms with Crippen LogP contribution in [0.25, 0.3) is 0 Å². The van der Waals surface area contributed by atoms with E-state index < -0.39 is 0 Å². The molecule has 0 aliphatic carbocycles. The highest BCUT2D eigenvalue weighted by Crippen LogP contribution is 2.09. The van der Waals surface area contributed by atoms with Crippen LogP contribution in [0.15, 0.2) is 18.5 Å². The molecule has 1 aliphatic rings. The molecule has 2 heterocycles. The van der Waals surface area contributed by atoms with Gasteiger partial charge in [0.15, 0.2) is 0 Å². The molecule has 17 heavy (non-hydrogen) atoms. The predicted octanol–water partition coefficient (Wildman–Crippen LogP) is 0.336. The first-order chi connectivity index (χ1) is 8.29. The molecular weight excluding hydrogens is 214 g/mol. The molecule has 1 aromatic rings. The number of aromatic nitrogens is 2. The lowest BCUT2D eigenvalue weighted by atomic mass is 10.2. The summed E-state index contributed by atoms with van der Waals surface area (Å²) in [7, 11) is 0. The van der Waals surface area contributed by atoms with Gasteiger partial charge in [0, 0.05) is 51.2 Å². The summed E-state index contributed by atoms with van der Waals surface area (Å²) in [5.41, 5.74) is 5.97. The van der Waals surface area contributed by atoms with Crippen molar-refractivity contribution in [2.75, 3.05) is 37.6 Å². The minimum atomic E-state index is 0.300. The van der Waals surface area contributed by atoms with Crippen molar-refractivity contribution in [1.82, 2.24) is 14.9 Å². The average molecular weight is 235 g/mol. The molecule has 94 valence electrons. The molecule has 2 rings (SSSR count). The van der Waals surface area contributed by atoms with E-state index in [0.717, 1.165) is 45.1 Å². The number of anilines is 1. The molecule has 0 aromatic carbocycles. The van der Waals surface area contributed by atoms with E-state index in [-0.39, 0.29) is 0 Å². The summed E-state index contributed by atoms with van der Waals surface area (Å²) < 4.78 is 0. The molecule has 1 aliphatic heterocycles. The molecule has 5 nitrogen and oxygen atoms in total. The predicted molar refractivity (Wildman–Crippen MR) is 69.0 cm³/mol. The van der Waals surface area contributed by atoms with Crippen LogP contribution in [0.5, 0.6) is 0 Å². The van der Waals surface area contributed by atoms with E-state index in [1.54, 1.807) is 12.4 Å². The molecule has 5 heteroatoms. The molecule has 1 unspecified atom stereocenters. The lowest BCUT2D eigenvalue weighted by Crippen LogP contribution is -2.50. The van der Waals surface area contributed by atoms with Gasteiger partial charge in [0.05, 0.1) is 0 Å². The zero-order chi connectivity index (χ0) is 12.1. The van der Waals surface area contributed by atoms with Crippen LogP contribution < -0.4 is 10.6 Å². The largest absolute Gasteiger partial charge is 0.338 e. The second kappa shape index (κ2) is 5.93. The molecular formula is C12H21N5. The van der Waals surface area contributed by atoms with E-state index in [0.29, 0.717) is 6.04 Å². The smallest absolute Gasteiger partial charge is 0.225 e. The third-order valence-corrected chi connectivity index (χ3v) is 3.22. The first-order valence-corrected chi connectivity index (χ1v) is 6.29. The highest BCUT2D eigenvalue weighted by Gasteiger charge is 2.19. The molecule has 1 aromatic heterocycles. The molecule has 0 saturated carbocycles. The number of nitrogens with zero attached hydrogens (tertiary/aromatic N) is 4. The van der Waals surface area contributed by atoms with E-state index in [4.69, 9.17) is 5.73 Å². The lowest BCUT2D eigenvalue weighted by molar-refractivity contribution is 0.240. The number of nitrogens with two attached hydrogens (primary N) is 1. The fourth-order valence-electron chi connectivity index (χ4n) is 2.05. The van der Waals surface area contributed by atoms with Crippen molar-refractivity contribution in [2.45, 2.75) is 19.4 Å². The Hall–Kier alpha value is -1.20. The fraction of sp³-hybridized carbons (Fsp3) is 0.667. The number of rotatable bonds is 4. The quantitative estimate of drug-likeness (QED) is 0.815. The van der Waals surface area contributed by atoms with Crippen molar-refractivity contribution in [3.63, 3.8) is 0 Å². The average Bonchev–Trinajstić information content (AvgIpc) is 2.40. The van der Waals surface area contributed by atoms with Gasteiger partial charge >= 0.3 is 0 Å². The van der Waals surface area contributed by atoms with Gasteiger partial charge in [-0.15, -0.1) is 0 Å². The SMILES string of the molecule is CCC(N)CN1CCN(c2ncccn2)CC1. The molecule has 1 saturated heterocycles. The van der Waals surface area contributed by atoms with Crippen LogP contribution in [-0.4, -0.2) is 53.6 Å². The van der Waals surface area contributed by atoms with Gasteiger partial charge < -0.3 is 10.6 Å². The van der Waals surface area contributed by atoms with Crippen LogP contribution in [0.1, 0.15) is 13.3 Å². The van der Waals surface area contributed by atoms with Crippen molar-refractivity contribution in [3.05, 3.63) is 18.5 Å². The summed E-state index contributed by atoms with van der Waals surface area (Å²) in [6.07, 6.45) is 4.63. The van der Waals surface area contributed by atoms with Crippen LogP contribution in [0.2, 0.25) is 0 Å². The van der Waals surface area contributed by atoms with Gasteiger partial charge in [0.1, 0.15) is 0 Å². The van der Waals surface area contributed by atoms with Crippen LogP contribution in [0.4, 0.5) is 5.95 Å². The molecule has 0 spiro atoms. The van der Waals surface area contributed by atoms with Gasteiger partial charge in [0.2, 0.25) is 5.95 Å². The first kappa shape index (κ1) is 12.3. The van der Waals surface area contributed by atoms with E-state index in [1.807, 2.05) is 6.07 Å². The minimum absolute atomic E-state index is 0.300. The summed E-state index contributed by atoms with van der Waals surface area (Å²) in [5.74, 6) is 0.840. The molecule has 1 atom stereocenters. The molecule has 2 N–H and O–H groups in total. The Labute approximate surface area is 103 Å². The summed E-state index contributed by atoms with van der Waals surface area (Å²) >= 11 is 0. The maximum Gasteiger partial charge on any atom is 0.225 e. The second-order valence-corrected chi connectivity index (χ2v) is 4.50. The normalized spacial score (nSPS) is 19.3. The van der Waals surface area contributed by atoms with Crippen molar-refractivity contribution in [3.8, 4) is 0 Å². The van der Waals surface area contributed by atoms with Crippen molar-refractivity contribution in [2.24, 2.45) is 5.73 Å². The molecule has 1 fully saturated rings. The number of piperazine rings is 1. The molecule has 0 amide bonds. The van der Waals surface area contributed by atoms with Gasteiger partial charge in [-0.25, -0.2) is 9.97 Å². The zero-order valence-electron chi connectivity index (χ0n) is 10.4. The van der Waals surface area contributed by atoms with E-state index in [9.17, 15) is 0 Å². The Bertz CT molecular complexity index is 321. The minimum Gasteiger partial charge on any atom is -0.338 e. The lowest BCUT2D eigenvalue weighted by Gasteiger charge is -2.35. The maximum atomic E-state index is 5.97. The summed E-state index contributed by atoms with van der Waals surface area (Å²) in [6.45, 7) is 7.21. The van der Waals surface area contributed by atoms with Crippen LogP contribution >= 0.6 is 0 Å². The fourth-order valence-corrected chi connectivity index (χ4v) is 2.05. The van der Waals surface area contributed by atoms with Crippen LogP contribution in [0.3, 0.4) is 0 Å². The standard InChI is InChI=1S/C12H21N5/c1-2-11(13)10-16-6-8-17(9-7-16)12-14-4-3-5-15-12/h3-5,11H,2,6-10,13H2,1H3. The van der Waals surface area contributed by atoms with Gasteiger partial charge in [-0.3, -0.25) is 4.90 Å². The van der Waals surface area contributed by atoms with E-state index in [2.05, 4.69) is 26.7 Å². The summed E-state index contributed by atoms with van der Waals surface area (Å²) in [6, 6.07) is 2.15. The van der Waals surface area contributed by atoms with Gasteiger partial charge in [-0.1, -0.05) is 6.92 Å². The second-order valence-electron chi connectivity index (χ2n) is 4.50. The van der Waals surface area contributed by atoms with Crippen LogP contribution in [-0.2, 0) is 0 Å². The third kappa shape index (κ3) is 3.38. The zero-order valence-corrected chi connectivity index (χ0v) is 10.4. The number of hydrogen-bond acceptors (Lipinski definition) is 5. The highest BCUT2D eigenvalue weighted by molar-refractivity contribution is 5.29. The van der Waals surface area contributed by atoms with Crippen molar-refractivity contribution in [1.29, 1.82) is 0 Å². The Morgan fingerprint density at radius 1 is 1.24 bits per heavy atom. The topological polar surface area (TPSA) is 58.3 Å². The summed E-state index contributed by atoms with van der Waals surface area (Å²) in [5, 5.41) is 0. The third-order valence-electron chi connectivity index (χ3n) is 3.22. The summed E-state index contributed by atoms with van der Waals surface area (Å²) in [4.78, 5) is 13.2. The molecule has 0 radical (unpaired) electrons. The Kier molecular flexibility index (Phi) is 4.28. The molecule has 0 bridgehead atoms. The highest BCUT2D eigenvalue weighted by atomic mass is 15.3. The maximum absolute atomic E-state index is 5.97. The number of hydrogen-bond donors (Lipinski definition) is 1. The van der Waals surface area contributed by atoms with Crippen LogP contribution in [0, 0.1) is 0 Å². The van der Waals surface area contributed by atoms with E-state index in [1.165, 1.54) is 0 Å². The van der Waals surface area contributed by atoms with Crippen molar-refractivity contribution < 1.29 is 0 Å². The monoisotopic (exact) mass is 235 g/mol. The van der Waals surface area contributed by atoms with E-state index >= 15 is 0 Å². The van der Waals surface area contributed by atoms with Gasteiger partial charge in [0.25, 0.3) is 0 Å². The first-order valence-electron chi connectivity index (χ1n) is 6.29. The van der Waals surface area contributed by atoms with Crippen molar-refractivity contribution >= 4 is 5.95 Å². The Morgan fingerprint density at radius 2 is 1.88 bits per heavy atom. The Morgan fingerprint density at radius 3 is 2.47 bits per heavy atom. The van der Waals surface area contributed by atoms with Gasteiger partial charge in [-0.05, 0) is 12.5 Å².